The van der Waals surface area contributed by atoms with E-state index in [-0.39, 0.29) is 11.3 Å². The summed E-state index contributed by atoms with van der Waals surface area (Å²) in [6.07, 6.45) is 0. The zero-order chi connectivity index (χ0) is 20.8. The zero-order valence-corrected chi connectivity index (χ0v) is 18.1. The highest BCUT2D eigenvalue weighted by Crippen LogP contribution is 2.51. The largest absolute Gasteiger partial charge is 0.492 e. The summed E-state index contributed by atoms with van der Waals surface area (Å²) < 4.78 is 17.3. The van der Waals surface area contributed by atoms with Gasteiger partial charge in [0.05, 0.1) is 41.1 Å². The molecule has 0 unspecified atom stereocenters. The van der Waals surface area contributed by atoms with Crippen LogP contribution >= 0.6 is 23.2 Å². The Labute approximate surface area is 180 Å². The summed E-state index contributed by atoms with van der Waals surface area (Å²) in [5.41, 5.74) is 2.31. The molecular weight excluding hydrogens is 413 g/mol. The van der Waals surface area contributed by atoms with Gasteiger partial charge >= 0.3 is 0 Å². The Hall–Kier alpha value is -1.79. The minimum Gasteiger partial charge on any atom is -0.492 e. The second-order valence-electron chi connectivity index (χ2n) is 8.15. The van der Waals surface area contributed by atoms with Crippen LogP contribution in [-0.2, 0) is 25.5 Å². The van der Waals surface area contributed by atoms with E-state index in [0.29, 0.717) is 47.7 Å². The maximum Gasteiger partial charge on any atom is 0.292 e. The van der Waals surface area contributed by atoms with Gasteiger partial charge in [-0.1, -0.05) is 56.1 Å². The second-order valence-corrected chi connectivity index (χ2v) is 8.96. The third-order valence-corrected chi connectivity index (χ3v) is 5.82. The Morgan fingerprint density at radius 1 is 1.03 bits per heavy atom. The maximum atomic E-state index is 13.2. The summed E-state index contributed by atoms with van der Waals surface area (Å²) in [4.78, 5) is 14.7. The van der Waals surface area contributed by atoms with E-state index in [0.717, 1.165) is 5.75 Å². The molecule has 7 heteroatoms. The molecule has 2 aliphatic heterocycles. The smallest absolute Gasteiger partial charge is 0.292 e. The first-order valence-corrected chi connectivity index (χ1v) is 10.3. The molecule has 29 heavy (non-hydrogen) atoms. The van der Waals surface area contributed by atoms with Gasteiger partial charge in [-0.05, 0) is 35.2 Å². The zero-order valence-electron chi connectivity index (χ0n) is 16.6. The fraction of sp³-hybridized carbons (Fsp3) is 0.409. The Bertz CT molecular complexity index is 931. The van der Waals surface area contributed by atoms with Gasteiger partial charge < -0.3 is 19.1 Å². The summed E-state index contributed by atoms with van der Waals surface area (Å²) in [6, 6.07) is 11.3. The predicted octanol–water partition coefficient (Wildman–Crippen LogP) is 4.92. The molecule has 0 bridgehead atoms. The number of fused-ring (bicyclic) bond motifs is 2. The van der Waals surface area contributed by atoms with Gasteiger partial charge in [-0.15, -0.1) is 0 Å². The van der Waals surface area contributed by atoms with Crippen molar-refractivity contribution in [3.05, 3.63) is 57.6 Å². The molecule has 0 atom stereocenters. The quantitative estimate of drug-likeness (QED) is 0.683. The van der Waals surface area contributed by atoms with E-state index >= 15 is 0 Å². The molecule has 1 spiro atoms. The lowest BCUT2D eigenvalue weighted by molar-refractivity contribution is -0.180. The number of ether oxygens (including phenoxy) is 3. The number of amides is 1. The van der Waals surface area contributed by atoms with E-state index < -0.39 is 5.79 Å². The van der Waals surface area contributed by atoms with Crippen molar-refractivity contribution in [3.63, 3.8) is 0 Å². The van der Waals surface area contributed by atoms with Crippen LogP contribution in [0.4, 0.5) is 5.69 Å². The molecule has 5 nitrogen and oxygen atoms in total. The maximum absolute atomic E-state index is 13.2. The monoisotopic (exact) mass is 435 g/mol. The molecule has 1 fully saturated rings. The van der Waals surface area contributed by atoms with Crippen molar-refractivity contribution >= 4 is 34.8 Å². The number of anilines is 1. The van der Waals surface area contributed by atoms with Crippen molar-refractivity contribution < 1.29 is 19.0 Å². The number of halogens is 2. The van der Waals surface area contributed by atoms with E-state index in [9.17, 15) is 4.79 Å². The van der Waals surface area contributed by atoms with Crippen LogP contribution in [0.2, 0.25) is 10.0 Å². The van der Waals surface area contributed by atoms with Crippen LogP contribution in [0.5, 0.6) is 5.75 Å². The van der Waals surface area contributed by atoms with E-state index in [1.165, 1.54) is 5.56 Å². The first kappa shape index (κ1) is 20.5. The predicted molar refractivity (Wildman–Crippen MR) is 113 cm³/mol. The summed E-state index contributed by atoms with van der Waals surface area (Å²) >= 11 is 12.8. The Kier molecular flexibility index (Phi) is 5.28. The first-order chi connectivity index (χ1) is 13.7. The van der Waals surface area contributed by atoms with Gasteiger partial charge in [0.1, 0.15) is 12.4 Å². The van der Waals surface area contributed by atoms with E-state index in [4.69, 9.17) is 37.4 Å². The van der Waals surface area contributed by atoms with Crippen molar-refractivity contribution in [2.75, 3.05) is 31.3 Å². The molecule has 154 valence electrons. The van der Waals surface area contributed by atoms with Crippen molar-refractivity contribution in [1.82, 2.24) is 0 Å². The summed E-state index contributed by atoms with van der Waals surface area (Å²) in [5, 5.41) is 0.809. The molecule has 2 aromatic rings. The minimum absolute atomic E-state index is 0.0792. The third-order valence-electron chi connectivity index (χ3n) is 5.20. The molecule has 0 aromatic heterocycles. The summed E-state index contributed by atoms with van der Waals surface area (Å²) in [6.45, 7) is 7.71. The number of carbonyl (C=O) groups excluding carboxylic acids is 1. The van der Waals surface area contributed by atoms with Gasteiger partial charge in [0, 0.05) is 0 Å². The number of carbonyl (C=O) groups is 1. The van der Waals surface area contributed by atoms with Gasteiger partial charge in [-0.25, -0.2) is 0 Å². The molecule has 2 aliphatic rings. The van der Waals surface area contributed by atoms with E-state index in [1.54, 1.807) is 17.0 Å². The van der Waals surface area contributed by atoms with Crippen LogP contribution in [0.25, 0.3) is 0 Å². The Morgan fingerprint density at radius 2 is 1.66 bits per heavy atom. The molecule has 2 aromatic carbocycles. The lowest BCUT2D eigenvalue weighted by Gasteiger charge is -2.22. The average Bonchev–Trinajstić information content (AvgIpc) is 3.25. The van der Waals surface area contributed by atoms with Crippen LogP contribution in [-0.4, -0.2) is 32.3 Å². The number of benzene rings is 2. The van der Waals surface area contributed by atoms with E-state index in [2.05, 4.69) is 32.9 Å². The van der Waals surface area contributed by atoms with Crippen LogP contribution < -0.4 is 9.64 Å². The third kappa shape index (κ3) is 3.50. The summed E-state index contributed by atoms with van der Waals surface area (Å²) in [7, 11) is 0. The standard InChI is InChI=1S/C22H23Cl2NO4/c1-21(2,3)14-4-6-15(7-5-14)27-11-10-25-19-17(24)9-8-16(23)18(19)22(20(25)26)28-12-13-29-22/h4-9H,10-13H2,1-3H3. The fourth-order valence-electron chi connectivity index (χ4n) is 3.70. The number of nitrogens with zero attached hydrogens (tertiary/aromatic N) is 1. The van der Waals surface area contributed by atoms with Gasteiger partial charge in [-0.2, -0.15) is 0 Å². The molecule has 0 N–H and O–H groups in total. The molecule has 2 heterocycles. The lowest BCUT2D eigenvalue weighted by atomic mass is 9.87. The topological polar surface area (TPSA) is 48.0 Å². The van der Waals surface area contributed by atoms with Crippen molar-refractivity contribution in [3.8, 4) is 5.75 Å². The number of rotatable bonds is 4. The highest BCUT2D eigenvalue weighted by molar-refractivity contribution is 6.38. The number of hydrogen-bond donors (Lipinski definition) is 0. The van der Waals surface area contributed by atoms with Crippen molar-refractivity contribution in [2.24, 2.45) is 0 Å². The first-order valence-electron chi connectivity index (χ1n) is 9.56. The fourth-order valence-corrected chi connectivity index (χ4v) is 4.24. The Morgan fingerprint density at radius 3 is 2.28 bits per heavy atom. The molecule has 4 rings (SSSR count). The molecule has 1 saturated heterocycles. The SMILES string of the molecule is CC(C)(C)c1ccc(OCCN2C(=O)C3(OCCO3)c3c(Cl)ccc(Cl)c32)cc1. The van der Waals surface area contributed by atoms with E-state index in [1.807, 2.05) is 12.1 Å². The summed E-state index contributed by atoms with van der Waals surface area (Å²) in [5.74, 6) is -1.09. The molecule has 1 amide bonds. The molecule has 0 radical (unpaired) electrons. The highest BCUT2D eigenvalue weighted by atomic mass is 35.5. The highest BCUT2D eigenvalue weighted by Gasteiger charge is 2.57. The molecule has 0 saturated carbocycles. The molecular formula is C22H23Cl2NO4. The van der Waals surface area contributed by atoms with Crippen LogP contribution in [0.3, 0.4) is 0 Å². The lowest BCUT2D eigenvalue weighted by Crippen LogP contribution is -2.42. The molecule has 0 aliphatic carbocycles. The van der Waals surface area contributed by atoms with Gasteiger partial charge in [-0.3, -0.25) is 4.79 Å². The Balaban J connectivity index is 1.53. The van der Waals surface area contributed by atoms with Crippen LogP contribution in [0.1, 0.15) is 31.9 Å². The van der Waals surface area contributed by atoms with Gasteiger partial charge in [0.15, 0.2) is 0 Å². The normalized spacial score (nSPS) is 17.8. The van der Waals surface area contributed by atoms with Crippen LogP contribution in [0.15, 0.2) is 36.4 Å². The van der Waals surface area contributed by atoms with Crippen molar-refractivity contribution in [2.45, 2.75) is 32.0 Å². The minimum atomic E-state index is -1.51. The van der Waals surface area contributed by atoms with Crippen LogP contribution in [0, 0.1) is 0 Å². The number of hydrogen-bond acceptors (Lipinski definition) is 4. The second kappa shape index (κ2) is 7.47. The average molecular weight is 436 g/mol. The van der Waals surface area contributed by atoms with Gasteiger partial charge in [0.2, 0.25) is 0 Å². The van der Waals surface area contributed by atoms with Crippen molar-refractivity contribution in [1.29, 1.82) is 0 Å². The van der Waals surface area contributed by atoms with Gasteiger partial charge in [0.25, 0.3) is 11.7 Å².